The lowest BCUT2D eigenvalue weighted by Gasteiger charge is -2.26. The Morgan fingerprint density at radius 3 is 2.45 bits per heavy atom. The molecule has 0 fully saturated rings. The molecule has 4 nitrogen and oxygen atoms in total. The van der Waals surface area contributed by atoms with E-state index in [1.807, 2.05) is 13.0 Å². The van der Waals surface area contributed by atoms with E-state index in [-0.39, 0.29) is 30.4 Å². The second-order valence-corrected chi connectivity index (χ2v) is 5.47. The fraction of sp³-hybridized carbons (Fsp3) is 0.444. The first-order chi connectivity index (χ1) is 10.5. The number of hydrogen-bond acceptors (Lipinski definition) is 3. The van der Waals surface area contributed by atoms with Crippen molar-refractivity contribution in [2.24, 2.45) is 5.92 Å². The second kappa shape index (κ2) is 9.03. The van der Waals surface area contributed by atoms with Crippen LogP contribution in [0.25, 0.3) is 0 Å². The Labute approximate surface area is 132 Å². The first-order valence-electron chi connectivity index (χ1n) is 7.62. The maximum absolute atomic E-state index is 12.0. The highest BCUT2D eigenvalue weighted by molar-refractivity contribution is 5.89. The molecule has 0 saturated heterocycles. The van der Waals surface area contributed by atoms with E-state index in [0.717, 1.165) is 18.4 Å². The number of carbonyl (C=O) groups is 2. The molecule has 1 N–H and O–H groups in total. The van der Waals surface area contributed by atoms with Gasteiger partial charge >= 0.3 is 5.97 Å². The molecule has 2 unspecified atom stereocenters. The summed E-state index contributed by atoms with van der Waals surface area (Å²) in [5.41, 5.74) is 1.51. The highest BCUT2D eigenvalue weighted by Crippen LogP contribution is 2.20. The second-order valence-electron chi connectivity index (χ2n) is 5.47. The van der Waals surface area contributed by atoms with Gasteiger partial charge in [-0.3, -0.25) is 4.79 Å². The number of benzene rings is 1. The Hall–Kier alpha value is -2.10. The molecule has 0 aromatic heterocycles. The summed E-state index contributed by atoms with van der Waals surface area (Å²) in [5, 5.41) is 2.85. The number of rotatable bonds is 8. The van der Waals surface area contributed by atoms with Crippen molar-refractivity contribution in [2.45, 2.75) is 39.7 Å². The van der Waals surface area contributed by atoms with E-state index >= 15 is 0 Å². The van der Waals surface area contributed by atoms with Crippen LogP contribution in [0, 0.1) is 5.92 Å². The number of amides is 1. The fourth-order valence-electron chi connectivity index (χ4n) is 2.37. The molecule has 0 aliphatic heterocycles. The fourth-order valence-corrected chi connectivity index (χ4v) is 2.37. The van der Waals surface area contributed by atoms with E-state index in [2.05, 4.69) is 18.8 Å². The molecule has 0 radical (unpaired) electrons. The zero-order valence-corrected chi connectivity index (χ0v) is 13.6. The third kappa shape index (κ3) is 5.72. The molecule has 0 aliphatic carbocycles. The SMILES string of the molecule is C=C(CCC)C(COC(=O)c1ccccc1)C(C)NC(C)=O. The van der Waals surface area contributed by atoms with Crippen molar-refractivity contribution in [1.82, 2.24) is 5.32 Å². The summed E-state index contributed by atoms with van der Waals surface area (Å²) in [4.78, 5) is 23.3. The lowest BCUT2D eigenvalue weighted by atomic mass is 9.91. The van der Waals surface area contributed by atoms with Gasteiger partial charge in [0.1, 0.15) is 6.61 Å². The largest absolute Gasteiger partial charge is 0.461 e. The van der Waals surface area contributed by atoms with Crippen LogP contribution in [0.2, 0.25) is 0 Å². The van der Waals surface area contributed by atoms with Crippen LogP contribution >= 0.6 is 0 Å². The lowest BCUT2D eigenvalue weighted by molar-refractivity contribution is -0.119. The molecule has 1 aromatic rings. The van der Waals surface area contributed by atoms with Crippen molar-refractivity contribution < 1.29 is 14.3 Å². The summed E-state index contributed by atoms with van der Waals surface area (Å²) in [6.45, 7) is 9.75. The monoisotopic (exact) mass is 303 g/mol. The van der Waals surface area contributed by atoms with Crippen LogP contribution in [-0.4, -0.2) is 24.5 Å². The molecule has 22 heavy (non-hydrogen) atoms. The number of carbonyl (C=O) groups excluding carboxylic acids is 2. The maximum Gasteiger partial charge on any atom is 0.338 e. The van der Waals surface area contributed by atoms with Crippen LogP contribution in [0.4, 0.5) is 0 Å². The van der Waals surface area contributed by atoms with Gasteiger partial charge in [0, 0.05) is 18.9 Å². The Balaban J connectivity index is 2.69. The first-order valence-corrected chi connectivity index (χ1v) is 7.62. The van der Waals surface area contributed by atoms with Gasteiger partial charge in [0.05, 0.1) is 5.56 Å². The molecule has 2 atom stereocenters. The van der Waals surface area contributed by atoms with Crippen LogP contribution in [0.5, 0.6) is 0 Å². The summed E-state index contributed by atoms with van der Waals surface area (Å²) < 4.78 is 5.41. The molecule has 0 spiro atoms. The van der Waals surface area contributed by atoms with Gasteiger partial charge in [-0.2, -0.15) is 0 Å². The Morgan fingerprint density at radius 1 is 1.27 bits per heavy atom. The summed E-state index contributed by atoms with van der Waals surface area (Å²) >= 11 is 0. The van der Waals surface area contributed by atoms with Crippen molar-refractivity contribution >= 4 is 11.9 Å². The van der Waals surface area contributed by atoms with Crippen molar-refractivity contribution in [2.75, 3.05) is 6.61 Å². The number of esters is 1. The molecule has 4 heteroatoms. The van der Waals surface area contributed by atoms with Gasteiger partial charge in [0.2, 0.25) is 5.91 Å². The first kappa shape index (κ1) is 18.0. The van der Waals surface area contributed by atoms with E-state index in [1.165, 1.54) is 6.92 Å². The van der Waals surface area contributed by atoms with Crippen molar-refractivity contribution in [3.05, 3.63) is 48.0 Å². The normalized spacial score (nSPS) is 13.0. The number of nitrogens with one attached hydrogen (secondary N) is 1. The average molecular weight is 303 g/mol. The molecule has 0 bridgehead atoms. The minimum atomic E-state index is -0.357. The Kier molecular flexibility index (Phi) is 7.37. The topological polar surface area (TPSA) is 55.4 Å². The Bertz CT molecular complexity index is 510. The molecule has 1 rings (SSSR count). The Morgan fingerprint density at radius 2 is 1.91 bits per heavy atom. The smallest absolute Gasteiger partial charge is 0.338 e. The van der Waals surface area contributed by atoms with E-state index in [1.54, 1.807) is 24.3 Å². The minimum Gasteiger partial charge on any atom is -0.461 e. The average Bonchev–Trinajstić information content (AvgIpc) is 2.47. The quantitative estimate of drug-likeness (QED) is 0.592. The molecular formula is C18H25NO3. The van der Waals surface area contributed by atoms with Crippen molar-refractivity contribution in [3.63, 3.8) is 0 Å². The molecule has 1 amide bonds. The van der Waals surface area contributed by atoms with Gasteiger partial charge in [-0.25, -0.2) is 4.79 Å². The predicted molar refractivity (Wildman–Crippen MR) is 87.5 cm³/mol. The highest BCUT2D eigenvalue weighted by atomic mass is 16.5. The summed E-state index contributed by atoms with van der Waals surface area (Å²) in [6.07, 6.45) is 1.81. The van der Waals surface area contributed by atoms with Crippen LogP contribution < -0.4 is 5.32 Å². The standard InChI is InChI=1S/C18H25NO3/c1-5-9-13(2)17(14(3)19-15(4)20)12-22-18(21)16-10-7-6-8-11-16/h6-8,10-11,14,17H,2,5,9,12H2,1,3-4H3,(H,19,20). The highest BCUT2D eigenvalue weighted by Gasteiger charge is 2.22. The van der Waals surface area contributed by atoms with Crippen LogP contribution in [-0.2, 0) is 9.53 Å². The molecule has 1 aromatic carbocycles. The van der Waals surface area contributed by atoms with Crippen LogP contribution in [0.15, 0.2) is 42.5 Å². The predicted octanol–water partition coefficient (Wildman–Crippen LogP) is 3.34. The van der Waals surface area contributed by atoms with Gasteiger partial charge in [-0.05, 0) is 25.5 Å². The van der Waals surface area contributed by atoms with E-state index < -0.39 is 0 Å². The summed E-state index contributed by atoms with van der Waals surface area (Å²) in [5.74, 6) is -0.544. The minimum absolute atomic E-state index is 0.0866. The van der Waals surface area contributed by atoms with E-state index in [4.69, 9.17) is 4.74 Å². The molecule has 0 heterocycles. The van der Waals surface area contributed by atoms with Gasteiger partial charge < -0.3 is 10.1 Å². The summed E-state index contributed by atoms with van der Waals surface area (Å²) in [6, 6.07) is 8.75. The van der Waals surface area contributed by atoms with Gasteiger partial charge in [0.15, 0.2) is 0 Å². The molecule has 0 aliphatic rings. The van der Waals surface area contributed by atoms with Gasteiger partial charge in [-0.1, -0.05) is 43.7 Å². The zero-order chi connectivity index (χ0) is 16.5. The van der Waals surface area contributed by atoms with Gasteiger partial charge in [0.25, 0.3) is 0 Å². The zero-order valence-electron chi connectivity index (χ0n) is 13.6. The van der Waals surface area contributed by atoms with Crippen LogP contribution in [0.1, 0.15) is 44.0 Å². The van der Waals surface area contributed by atoms with Crippen LogP contribution in [0.3, 0.4) is 0 Å². The number of ether oxygens (including phenoxy) is 1. The van der Waals surface area contributed by atoms with E-state index in [9.17, 15) is 9.59 Å². The molecular weight excluding hydrogens is 278 g/mol. The summed E-state index contributed by atoms with van der Waals surface area (Å²) in [7, 11) is 0. The third-order valence-electron chi connectivity index (χ3n) is 3.53. The van der Waals surface area contributed by atoms with E-state index in [0.29, 0.717) is 5.56 Å². The molecule has 120 valence electrons. The van der Waals surface area contributed by atoms with Crippen molar-refractivity contribution in [1.29, 1.82) is 0 Å². The molecule has 0 saturated carbocycles. The lowest BCUT2D eigenvalue weighted by Crippen LogP contribution is -2.39. The number of hydrogen-bond donors (Lipinski definition) is 1. The van der Waals surface area contributed by atoms with Gasteiger partial charge in [-0.15, -0.1) is 0 Å². The maximum atomic E-state index is 12.0. The van der Waals surface area contributed by atoms with Crippen molar-refractivity contribution in [3.8, 4) is 0 Å². The third-order valence-corrected chi connectivity index (χ3v) is 3.53.